The van der Waals surface area contributed by atoms with E-state index in [2.05, 4.69) is 4.18 Å². The Morgan fingerprint density at radius 3 is 2.24 bits per heavy atom. The molecule has 5 nitrogen and oxygen atoms in total. The quantitative estimate of drug-likeness (QED) is 0.731. The van der Waals surface area contributed by atoms with E-state index in [1.807, 2.05) is 0 Å². The van der Waals surface area contributed by atoms with Crippen molar-refractivity contribution in [3.05, 3.63) is 47.2 Å². The van der Waals surface area contributed by atoms with Gasteiger partial charge in [-0.25, -0.2) is 0 Å². The number of Topliss-reactive ketones (excluding diaryl/α,β-unsaturated/α-hetero) is 1. The van der Waals surface area contributed by atoms with Crippen LogP contribution in [0.2, 0.25) is 0 Å². The molecular formula is C11H8O5S. The SMILES string of the molecule is CS(=O)(=O)OC1=CC(=O)c2ccccc2C1=O. The lowest BCUT2D eigenvalue weighted by atomic mass is 9.94. The van der Waals surface area contributed by atoms with E-state index in [0.717, 1.165) is 12.3 Å². The molecule has 0 spiro atoms. The average Bonchev–Trinajstić information content (AvgIpc) is 2.24. The molecule has 0 heterocycles. The fraction of sp³-hybridized carbons (Fsp3) is 0.0909. The van der Waals surface area contributed by atoms with E-state index in [9.17, 15) is 18.0 Å². The molecule has 0 radical (unpaired) electrons. The van der Waals surface area contributed by atoms with Gasteiger partial charge in [0, 0.05) is 17.2 Å². The first-order valence-electron chi connectivity index (χ1n) is 4.68. The molecule has 88 valence electrons. The van der Waals surface area contributed by atoms with Gasteiger partial charge in [0.05, 0.1) is 6.26 Å². The van der Waals surface area contributed by atoms with Crippen molar-refractivity contribution in [1.82, 2.24) is 0 Å². The molecule has 0 saturated heterocycles. The average molecular weight is 252 g/mol. The molecule has 0 saturated carbocycles. The summed E-state index contributed by atoms with van der Waals surface area (Å²) >= 11 is 0. The maximum atomic E-state index is 11.8. The number of rotatable bonds is 2. The molecule has 0 atom stereocenters. The molecule has 1 aromatic rings. The molecule has 1 aromatic carbocycles. The van der Waals surface area contributed by atoms with Crippen LogP contribution in [0.5, 0.6) is 0 Å². The summed E-state index contributed by atoms with van der Waals surface area (Å²) in [6.07, 6.45) is 1.71. The van der Waals surface area contributed by atoms with Crippen molar-refractivity contribution in [3.63, 3.8) is 0 Å². The Hall–Kier alpha value is -1.95. The van der Waals surface area contributed by atoms with Gasteiger partial charge in [0.25, 0.3) is 0 Å². The van der Waals surface area contributed by atoms with Crippen LogP contribution in [0, 0.1) is 0 Å². The summed E-state index contributed by atoms with van der Waals surface area (Å²) in [6, 6.07) is 6.17. The van der Waals surface area contributed by atoms with E-state index in [4.69, 9.17) is 0 Å². The largest absolute Gasteiger partial charge is 0.378 e. The Kier molecular flexibility index (Phi) is 2.59. The molecule has 2 rings (SSSR count). The first kappa shape index (κ1) is 11.5. The maximum Gasteiger partial charge on any atom is 0.306 e. The molecule has 1 aliphatic carbocycles. The molecule has 0 aliphatic heterocycles. The van der Waals surface area contributed by atoms with Crippen molar-refractivity contribution in [2.24, 2.45) is 0 Å². The zero-order chi connectivity index (χ0) is 12.6. The van der Waals surface area contributed by atoms with E-state index in [1.54, 1.807) is 12.1 Å². The molecule has 0 amide bonds. The van der Waals surface area contributed by atoms with Crippen molar-refractivity contribution in [1.29, 1.82) is 0 Å². The lowest BCUT2D eigenvalue weighted by Crippen LogP contribution is -2.20. The Balaban J connectivity index is 2.49. The molecule has 17 heavy (non-hydrogen) atoms. The van der Waals surface area contributed by atoms with Gasteiger partial charge in [0.15, 0.2) is 11.5 Å². The Morgan fingerprint density at radius 2 is 1.65 bits per heavy atom. The van der Waals surface area contributed by atoms with Gasteiger partial charge in [0.2, 0.25) is 5.78 Å². The van der Waals surface area contributed by atoms with Gasteiger partial charge in [0.1, 0.15) is 0 Å². The number of benzene rings is 1. The topological polar surface area (TPSA) is 77.5 Å². The molecule has 0 bridgehead atoms. The summed E-state index contributed by atoms with van der Waals surface area (Å²) in [6.45, 7) is 0. The Morgan fingerprint density at radius 1 is 1.06 bits per heavy atom. The van der Waals surface area contributed by atoms with Gasteiger partial charge >= 0.3 is 10.1 Å². The highest BCUT2D eigenvalue weighted by atomic mass is 32.2. The van der Waals surface area contributed by atoms with Crippen LogP contribution in [0.15, 0.2) is 36.1 Å². The second kappa shape index (κ2) is 3.81. The van der Waals surface area contributed by atoms with Gasteiger partial charge in [-0.1, -0.05) is 24.3 Å². The first-order chi connectivity index (χ1) is 7.88. The number of ketones is 2. The third kappa shape index (κ3) is 2.26. The lowest BCUT2D eigenvalue weighted by Gasteiger charge is -2.13. The van der Waals surface area contributed by atoms with E-state index < -0.39 is 27.4 Å². The van der Waals surface area contributed by atoms with Crippen LogP contribution < -0.4 is 0 Å². The fourth-order valence-corrected chi connectivity index (χ4v) is 1.97. The summed E-state index contributed by atoms with van der Waals surface area (Å²) in [4.78, 5) is 23.5. The van der Waals surface area contributed by atoms with Crippen LogP contribution >= 0.6 is 0 Å². The molecule has 0 aromatic heterocycles. The molecule has 1 aliphatic rings. The van der Waals surface area contributed by atoms with Crippen molar-refractivity contribution >= 4 is 21.7 Å². The predicted molar refractivity (Wildman–Crippen MR) is 59.1 cm³/mol. The van der Waals surface area contributed by atoms with Gasteiger partial charge in [-0.3, -0.25) is 9.59 Å². The number of hydrogen-bond acceptors (Lipinski definition) is 5. The smallest absolute Gasteiger partial charge is 0.306 e. The number of carbonyl (C=O) groups is 2. The number of allylic oxidation sites excluding steroid dienone is 2. The van der Waals surface area contributed by atoms with Gasteiger partial charge < -0.3 is 4.18 Å². The van der Waals surface area contributed by atoms with Crippen molar-refractivity contribution in [2.45, 2.75) is 0 Å². The van der Waals surface area contributed by atoms with Crippen LogP contribution in [-0.4, -0.2) is 26.2 Å². The minimum atomic E-state index is -3.82. The predicted octanol–water partition coefficient (Wildman–Crippen LogP) is 0.926. The highest BCUT2D eigenvalue weighted by Crippen LogP contribution is 2.22. The van der Waals surface area contributed by atoms with Crippen LogP contribution in [-0.2, 0) is 14.3 Å². The van der Waals surface area contributed by atoms with E-state index >= 15 is 0 Å². The number of carbonyl (C=O) groups excluding carboxylic acids is 2. The van der Waals surface area contributed by atoms with E-state index in [0.29, 0.717) is 0 Å². The molecule has 0 unspecified atom stereocenters. The second-order valence-electron chi connectivity index (χ2n) is 3.54. The normalized spacial score (nSPS) is 15.2. The van der Waals surface area contributed by atoms with Crippen molar-refractivity contribution in [3.8, 4) is 0 Å². The van der Waals surface area contributed by atoms with Gasteiger partial charge in [-0.15, -0.1) is 0 Å². The summed E-state index contributed by atoms with van der Waals surface area (Å²) < 4.78 is 26.4. The molecular weight excluding hydrogens is 244 g/mol. The Labute approximate surface area is 97.8 Å². The lowest BCUT2D eigenvalue weighted by molar-refractivity contribution is 0.0948. The van der Waals surface area contributed by atoms with Crippen LogP contribution in [0.25, 0.3) is 0 Å². The minimum absolute atomic E-state index is 0.152. The summed E-state index contributed by atoms with van der Waals surface area (Å²) in [5.74, 6) is -1.51. The zero-order valence-corrected chi connectivity index (χ0v) is 9.65. The summed E-state index contributed by atoms with van der Waals surface area (Å²) in [7, 11) is -3.82. The monoisotopic (exact) mass is 252 g/mol. The second-order valence-corrected chi connectivity index (χ2v) is 5.11. The van der Waals surface area contributed by atoms with Crippen LogP contribution in [0.1, 0.15) is 20.7 Å². The highest BCUT2D eigenvalue weighted by Gasteiger charge is 2.28. The summed E-state index contributed by atoms with van der Waals surface area (Å²) in [5.41, 5.74) is 0.400. The van der Waals surface area contributed by atoms with Gasteiger partial charge in [-0.2, -0.15) is 8.42 Å². The standard InChI is InChI=1S/C11H8O5S/c1-17(14,15)16-10-6-9(12)7-4-2-3-5-8(7)11(10)13/h2-6H,1H3. The summed E-state index contributed by atoms with van der Waals surface area (Å²) in [5, 5.41) is 0. The number of hydrogen-bond donors (Lipinski definition) is 0. The van der Waals surface area contributed by atoms with E-state index in [1.165, 1.54) is 12.1 Å². The minimum Gasteiger partial charge on any atom is -0.378 e. The highest BCUT2D eigenvalue weighted by molar-refractivity contribution is 7.86. The van der Waals surface area contributed by atoms with Crippen molar-refractivity contribution in [2.75, 3.05) is 6.26 Å². The first-order valence-corrected chi connectivity index (χ1v) is 6.49. The molecule has 0 fully saturated rings. The van der Waals surface area contributed by atoms with Crippen molar-refractivity contribution < 1.29 is 22.2 Å². The zero-order valence-electron chi connectivity index (χ0n) is 8.84. The Bertz CT molecular complexity index is 640. The third-order valence-electron chi connectivity index (χ3n) is 2.16. The van der Waals surface area contributed by atoms with Crippen LogP contribution in [0.4, 0.5) is 0 Å². The number of fused-ring (bicyclic) bond motifs is 1. The van der Waals surface area contributed by atoms with Crippen LogP contribution in [0.3, 0.4) is 0 Å². The van der Waals surface area contributed by atoms with Gasteiger partial charge in [-0.05, 0) is 0 Å². The maximum absolute atomic E-state index is 11.8. The third-order valence-corrected chi connectivity index (χ3v) is 2.65. The fourth-order valence-electron chi connectivity index (χ4n) is 1.52. The molecule has 0 N–H and O–H groups in total. The molecule has 6 heteroatoms. The van der Waals surface area contributed by atoms with E-state index in [-0.39, 0.29) is 11.1 Å².